The molecule has 0 spiro atoms. The van der Waals surface area contributed by atoms with Crippen molar-refractivity contribution in [2.45, 2.75) is 26.8 Å². The number of aromatic nitrogens is 2. The molecule has 4 heteroatoms. The Bertz CT molecular complexity index is 1090. The highest BCUT2D eigenvalue weighted by atomic mass is 16.5. The largest absolute Gasteiger partial charge is 0.497 e. The zero-order valence-electron chi connectivity index (χ0n) is 14.9. The molecule has 4 nitrogen and oxygen atoms in total. The molecule has 0 aliphatic carbocycles. The summed E-state index contributed by atoms with van der Waals surface area (Å²) in [7, 11) is 1.63. The standard InChI is InChI=1S/C21H22N2O2/c1-13(2)23-14(3)9-16-10-17(6-8-20(16)23)22-12-15-5-7-18(25-4)11-19(15)21(22)24/h5-13,24H,1-4H3. The molecule has 0 amide bonds. The average molecular weight is 334 g/mol. The average Bonchev–Trinajstić information content (AvgIpc) is 3.10. The second-order valence-corrected chi connectivity index (χ2v) is 6.77. The molecule has 2 aromatic heterocycles. The van der Waals surface area contributed by atoms with Gasteiger partial charge in [0.2, 0.25) is 5.88 Å². The van der Waals surface area contributed by atoms with Gasteiger partial charge in [-0.25, -0.2) is 0 Å². The first-order chi connectivity index (χ1) is 12.0. The van der Waals surface area contributed by atoms with Crippen molar-refractivity contribution in [3.8, 4) is 17.3 Å². The van der Waals surface area contributed by atoms with Crippen LogP contribution >= 0.6 is 0 Å². The van der Waals surface area contributed by atoms with Crippen LogP contribution in [0.25, 0.3) is 27.4 Å². The van der Waals surface area contributed by atoms with E-state index in [4.69, 9.17) is 4.74 Å². The fourth-order valence-electron chi connectivity index (χ4n) is 3.69. The van der Waals surface area contributed by atoms with Crippen molar-refractivity contribution in [2.75, 3.05) is 7.11 Å². The van der Waals surface area contributed by atoms with Crippen LogP contribution in [-0.4, -0.2) is 21.4 Å². The molecule has 0 unspecified atom stereocenters. The molecule has 0 aliphatic rings. The topological polar surface area (TPSA) is 39.3 Å². The van der Waals surface area contributed by atoms with Gasteiger partial charge in [0.15, 0.2) is 0 Å². The van der Waals surface area contributed by atoms with E-state index in [2.05, 4.69) is 49.6 Å². The van der Waals surface area contributed by atoms with Crippen molar-refractivity contribution in [3.63, 3.8) is 0 Å². The number of nitrogens with zero attached hydrogens (tertiary/aromatic N) is 2. The first-order valence-corrected chi connectivity index (χ1v) is 8.49. The number of benzene rings is 2. The number of fused-ring (bicyclic) bond motifs is 2. The lowest BCUT2D eigenvalue weighted by atomic mass is 10.2. The van der Waals surface area contributed by atoms with E-state index in [1.807, 2.05) is 29.0 Å². The van der Waals surface area contributed by atoms with Crippen LogP contribution in [0.2, 0.25) is 0 Å². The third-order valence-electron chi connectivity index (χ3n) is 4.81. The summed E-state index contributed by atoms with van der Waals surface area (Å²) in [6.07, 6.45) is 1.96. The molecule has 0 radical (unpaired) electrons. The zero-order valence-corrected chi connectivity index (χ0v) is 14.9. The van der Waals surface area contributed by atoms with E-state index < -0.39 is 0 Å². The lowest BCUT2D eigenvalue weighted by Gasteiger charge is -2.12. The van der Waals surface area contributed by atoms with Crippen LogP contribution in [0.15, 0.2) is 48.7 Å². The normalized spacial score (nSPS) is 11.7. The van der Waals surface area contributed by atoms with E-state index in [9.17, 15) is 5.11 Å². The van der Waals surface area contributed by atoms with Gasteiger partial charge in [-0.15, -0.1) is 0 Å². The highest BCUT2D eigenvalue weighted by Gasteiger charge is 2.13. The predicted molar refractivity (Wildman–Crippen MR) is 102 cm³/mol. The van der Waals surface area contributed by atoms with E-state index in [1.165, 1.54) is 16.6 Å². The minimum atomic E-state index is 0.230. The van der Waals surface area contributed by atoms with Crippen LogP contribution in [-0.2, 0) is 0 Å². The number of methoxy groups -OCH3 is 1. The van der Waals surface area contributed by atoms with Crippen molar-refractivity contribution < 1.29 is 9.84 Å². The highest BCUT2D eigenvalue weighted by Crippen LogP contribution is 2.34. The lowest BCUT2D eigenvalue weighted by molar-refractivity contribution is 0.414. The van der Waals surface area contributed by atoms with Gasteiger partial charge in [0.25, 0.3) is 0 Å². The van der Waals surface area contributed by atoms with Crippen LogP contribution in [0.1, 0.15) is 25.6 Å². The Labute approximate surface area is 146 Å². The van der Waals surface area contributed by atoms with Crippen molar-refractivity contribution in [2.24, 2.45) is 0 Å². The summed E-state index contributed by atoms with van der Waals surface area (Å²) < 4.78 is 9.42. The molecular weight excluding hydrogens is 312 g/mol. The van der Waals surface area contributed by atoms with Crippen LogP contribution in [0.4, 0.5) is 0 Å². The molecule has 0 atom stereocenters. The minimum Gasteiger partial charge on any atom is -0.497 e. The molecule has 2 aromatic carbocycles. The van der Waals surface area contributed by atoms with Gasteiger partial charge in [0.1, 0.15) is 5.75 Å². The third kappa shape index (κ3) is 2.37. The summed E-state index contributed by atoms with van der Waals surface area (Å²) in [6.45, 7) is 6.52. The number of aryl methyl sites for hydroxylation is 1. The number of aromatic hydroxyl groups is 1. The van der Waals surface area contributed by atoms with E-state index in [1.54, 1.807) is 7.11 Å². The van der Waals surface area contributed by atoms with E-state index >= 15 is 0 Å². The monoisotopic (exact) mass is 334 g/mol. The molecule has 25 heavy (non-hydrogen) atoms. The second-order valence-electron chi connectivity index (χ2n) is 6.77. The number of ether oxygens (including phenoxy) is 1. The van der Waals surface area contributed by atoms with Crippen LogP contribution in [0.5, 0.6) is 11.6 Å². The summed E-state index contributed by atoms with van der Waals surface area (Å²) in [5.74, 6) is 0.967. The maximum Gasteiger partial charge on any atom is 0.203 e. The first kappa shape index (κ1) is 15.6. The molecule has 4 aromatic rings. The van der Waals surface area contributed by atoms with Gasteiger partial charge in [-0.3, -0.25) is 4.57 Å². The molecule has 0 fully saturated rings. The Morgan fingerprint density at radius 3 is 2.52 bits per heavy atom. The van der Waals surface area contributed by atoms with Crippen LogP contribution < -0.4 is 4.74 Å². The van der Waals surface area contributed by atoms with Crippen LogP contribution in [0, 0.1) is 6.92 Å². The summed E-state index contributed by atoms with van der Waals surface area (Å²) >= 11 is 0. The molecule has 4 rings (SSSR count). The molecule has 0 aliphatic heterocycles. The van der Waals surface area contributed by atoms with Crippen molar-refractivity contribution >= 4 is 21.7 Å². The Kier molecular flexibility index (Phi) is 3.49. The Morgan fingerprint density at radius 1 is 1.00 bits per heavy atom. The quantitative estimate of drug-likeness (QED) is 0.560. The maximum absolute atomic E-state index is 10.7. The SMILES string of the molecule is COc1ccc2cn(-c3ccc4c(c3)cc(C)n4C(C)C)c(O)c2c1. The van der Waals surface area contributed by atoms with Gasteiger partial charge in [-0.05, 0) is 63.2 Å². The fraction of sp³-hybridized carbons (Fsp3) is 0.238. The van der Waals surface area contributed by atoms with Gasteiger partial charge in [-0.2, -0.15) is 0 Å². The van der Waals surface area contributed by atoms with Gasteiger partial charge in [0.05, 0.1) is 7.11 Å². The summed E-state index contributed by atoms with van der Waals surface area (Å²) in [5.41, 5.74) is 3.41. The first-order valence-electron chi connectivity index (χ1n) is 8.49. The van der Waals surface area contributed by atoms with Crippen LogP contribution in [0.3, 0.4) is 0 Å². The highest BCUT2D eigenvalue weighted by molar-refractivity contribution is 5.91. The van der Waals surface area contributed by atoms with Gasteiger partial charge < -0.3 is 14.4 Å². The zero-order chi connectivity index (χ0) is 17.7. The van der Waals surface area contributed by atoms with Gasteiger partial charge in [0, 0.05) is 45.3 Å². The number of hydrogen-bond donors (Lipinski definition) is 1. The maximum atomic E-state index is 10.7. The molecule has 1 N–H and O–H groups in total. The summed E-state index contributed by atoms with van der Waals surface area (Å²) in [4.78, 5) is 0. The van der Waals surface area contributed by atoms with Crippen molar-refractivity contribution in [3.05, 3.63) is 54.4 Å². The Hall–Kier alpha value is -2.88. The molecular formula is C21H22N2O2. The van der Waals surface area contributed by atoms with Gasteiger partial charge >= 0.3 is 0 Å². The molecule has 0 saturated heterocycles. The third-order valence-corrected chi connectivity index (χ3v) is 4.81. The summed E-state index contributed by atoms with van der Waals surface area (Å²) in [6, 6.07) is 14.6. The second kappa shape index (κ2) is 5.59. The Morgan fingerprint density at radius 2 is 1.80 bits per heavy atom. The molecule has 0 bridgehead atoms. The van der Waals surface area contributed by atoms with Gasteiger partial charge in [-0.1, -0.05) is 0 Å². The van der Waals surface area contributed by atoms with E-state index in [0.29, 0.717) is 6.04 Å². The fourth-order valence-corrected chi connectivity index (χ4v) is 3.69. The van der Waals surface area contributed by atoms with E-state index in [0.717, 1.165) is 22.2 Å². The van der Waals surface area contributed by atoms with Crippen molar-refractivity contribution in [1.29, 1.82) is 0 Å². The molecule has 128 valence electrons. The van der Waals surface area contributed by atoms with Crippen molar-refractivity contribution in [1.82, 2.24) is 9.13 Å². The predicted octanol–water partition coefficient (Wildman–Crippen LogP) is 5.19. The molecule has 0 saturated carbocycles. The lowest BCUT2D eigenvalue weighted by Crippen LogP contribution is -2.02. The number of hydrogen-bond acceptors (Lipinski definition) is 2. The summed E-state index contributed by atoms with van der Waals surface area (Å²) in [5, 5.41) is 13.6. The number of rotatable bonds is 3. The minimum absolute atomic E-state index is 0.230. The molecule has 2 heterocycles. The smallest absolute Gasteiger partial charge is 0.203 e. The van der Waals surface area contributed by atoms with E-state index in [-0.39, 0.29) is 5.88 Å². The Balaban J connectivity index is 1.90.